The molecule has 1 aliphatic rings. The molecule has 1 aliphatic heterocycles. The van der Waals surface area contributed by atoms with Crippen LogP contribution in [0.3, 0.4) is 0 Å². The lowest BCUT2D eigenvalue weighted by Crippen LogP contribution is -2.42. The zero-order chi connectivity index (χ0) is 12.7. The summed E-state index contributed by atoms with van der Waals surface area (Å²) >= 11 is 0. The quantitative estimate of drug-likeness (QED) is 0.680. The third kappa shape index (κ3) is 4.91. The molecule has 1 saturated heterocycles. The Morgan fingerprint density at radius 2 is 2.18 bits per heavy atom. The fraction of sp³-hybridized carbons (Fsp3) is 1.00. The maximum atomic E-state index is 12.0. The molecule has 5 nitrogen and oxygen atoms in total. The summed E-state index contributed by atoms with van der Waals surface area (Å²) in [6.45, 7) is 4.78. The Morgan fingerprint density at radius 3 is 2.82 bits per heavy atom. The van der Waals surface area contributed by atoms with Gasteiger partial charge in [-0.2, -0.15) is 0 Å². The van der Waals surface area contributed by atoms with Crippen LogP contribution in [0.4, 0.5) is 0 Å². The number of rotatable bonds is 7. The topological polar surface area (TPSA) is 55.8 Å². The lowest BCUT2D eigenvalue weighted by Gasteiger charge is -2.31. The molecule has 0 bridgehead atoms. The predicted octanol–water partition coefficient (Wildman–Crippen LogP) is 0.711. The van der Waals surface area contributed by atoms with Crippen LogP contribution in [0.15, 0.2) is 0 Å². The molecule has 0 spiro atoms. The smallest absolute Gasteiger partial charge is 0.216 e. The highest BCUT2D eigenvalue weighted by Crippen LogP contribution is 2.19. The molecule has 1 fully saturated rings. The monoisotopic (exact) mass is 265 g/mol. The first-order valence-electron chi connectivity index (χ1n) is 6.14. The van der Waals surface area contributed by atoms with E-state index in [9.17, 15) is 8.42 Å². The molecule has 0 aromatic rings. The molecule has 0 amide bonds. The minimum Gasteiger partial charge on any atom is -0.384 e. The second-order valence-electron chi connectivity index (χ2n) is 4.33. The second kappa shape index (κ2) is 7.31. The summed E-state index contributed by atoms with van der Waals surface area (Å²) in [4.78, 5) is 0. The number of hydrogen-bond donors (Lipinski definition) is 0. The van der Waals surface area contributed by atoms with Crippen molar-refractivity contribution < 1.29 is 17.9 Å². The van der Waals surface area contributed by atoms with Gasteiger partial charge in [-0.25, -0.2) is 12.7 Å². The molecule has 0 N–H and O–H groups in total. The van der Waals surface area contributed by atoms with Gasteiger partial charge in [-0.15, -0.1) is 0 Å². The molecule has 1 heterocycles. The van der Waals surface area contributed by atoms with Crippen LogP contribution in [0, 0.1) is 5.92 Å². The third-order valence-electron chi connectivity index (χ3n) is 2.98. The van der Waals surface area contributed by atoms with Crippen molar-refractivity contribution in [2.45, 2.75) is 19.8 Å². The average molecular weight is 265 g/mol. The van der Waals surface area contributed by atoms with Crippen molar-refractivity contribution in [3.63, 3.8) is 0 Å². The van der Waals surface area contributed by atoms with Gasteiger partial charge >= 0.3 is 0 Å². The molecular formula is C11H23NO4S. The van der Waals surface area contributed by atoms with Crippen molar-refractivity contribution in [3.8, 4) is 0 Å². The number of piperidine rings is 1. The molecule has 0 radical (unpaired) electrons. The van der Waals surface area contributed by atoms with E-state index in [-0.39, 0.29) is 12.4 Å². The summed E-state index contributed by atoms with van der Waals surface area (Å²) in [6, 6.07) is 0. The molecule has 0 aromatic heterocycles. The van der Waals surface area contributed by atoms with E-state index < -0.39 is 10.0 Å². The number of nitrogens with zero attached hydrogens (tertiary/aromatic N) is 1. The summed E-state index contributed by atoms with van der Waals surface area (Å²) in [7, 11) is -1.63. The number of sulfonamides is 1. The van der Waals surface area contributed by atoms with Gasteiger partial charge < -0.3 is 9.47 Å². The summed E-state index contributed by atoms with van der Waals surface area (Å²) in [5.74, 6) is 0.409. The Labute approximate surface area is 104 Å². The number of methoxy groups -OCH3 is 1. The molecular weight excluding hydrogens is 242 g/mol. The summed E-state index contributed by atoms with van der Waals surface area (Å²) in [6.07, 6.45) is 1.97. The normalized spacial score (nSPS) is 22.8. The number of hydrogen-bond acceptors (Lipinski definition) is 4. The SMILES string of the molecule is CCOCC1CCCN(S(=O)(=O)CCOC)C1. The van der Waals surface area contributed by atoms with E-state index in [4.69, 9.17) is 9.47 Å². The van der Waals surface area contributed by atoms with Crippen LogP contribution in [0.2, 0.25) is 0 Å². The second-order valence-corrected chi connectivity index (χ2v) is 6.42. The van der Waals surface area contributed by atoms with Crippen LogP contribution in [-0.2, 0) is 19.5 Å². The van der Waals surface area contributed by atoms with E-state index in [1.165, 1.54) is 7.11 Å². The Balaban J connectivity index is 2.47. The van der Waals surface area contributed by atoms with E-state index in [1.807, 2.05) is 6.92 Å². The fourth-order valence-electron chi connectivity index (χ4n) is 2.02. The largest absolute Gasteiger partial charge is 0.384 e. The minimum absolute atomic E-state index is 0.0743. The average Bonchev–Trinajstić information content (AvgIpc) is 2.34. The minimum atomic E-state index is -3.15. The Kier molecular flexibility index (Phi) is 6.40. The van der Waals surface area contributed by atoms with Crippen molar-refractivity contribution in [2.75, 3.05) is 45.8 Å². The Bertz CT molecular complexity index is 305. The van der Waals surface area contributed by atoms with Gasteiger partial charge in [0, 0.05) is 26.8 Å². The van der Waals surface area contributed by atoms with Crippen LogP contribution in [-0.4, -0.2) is 58.5 Å². The van der Waals surface area contributed by atoms with Gasteiger partial charge in [-0.3, -0.25) is 0 Å². The maximum absolute atomic E-state index is 12.0. The molecule has 0 saturated carbocycles. The van der Waals surface area contributed by atoms with E-state index in [2.05, 4.69) is 0 Å². The molecule has 17 heavy (non-hydrogen) atoms. The van der Waals surface area contributed by atoms with Crippen molar-refractivity contribution in [2.24, 2.45) is 5.92 Å². The van der Waals surface area contributed by atoms with Crippen molar-refractivity contribution in [1.29, 1.82) is 0 Å². The van der Waals surface area contributed by atoms with Crippen molar-refractivity contribution >= 4 is 10.0 Å². The maximum Gasteiger partial charge on any atom is 0.216 e. The number of ether oxygens (including phenoxy) is 2. The lowest BCUT2D eigenvalue weighted by atomic mass is 10.0. The van der Waals surface area contributed by atoms with Gasteiger partial charge in [-0.05, 0) is 25.7 Å². The van der Waals surface area contributed by atoms with Crippen LogP contribution in [0.1, 0.15) is 19.8 Å². The summed E-state index contributed by atoms with van der Waals surface area (Å²) in [5.41, 5.74) is 0. The van der Waals surface area contributed by atoms with E-state index in [1.54, 1.807) is 4.31 Å². The van der Waals surface area contributed by atoms with Gasteiger partial charge in [0.15, 0.2) is 0 Å². The van der Waals surface area contributed by atoms with E-state index in [0.29, 0.717) is 32.2 Å². The van der Waals surface area contributed by atoms with Gasteiger partial charge in [0.05, 0.1) is 19.0 Å². The van der Waals surface area contributed by atoms with Crippen LogP contribution in [0.5, 0.6) is 0 Å². The Morgan fingerprint density at radius 1 is 1.41 bits per heavy atom. The molecule has 102 valence electrons. The van der Waals surface area contributed by atoms with Crippen molar-refractivity contribution in [1.82, 2.24) is 4.31 Å². The zero-order valence-electron chi connectivity index (χ0n) is 10.7. The van der Waals surface area contributed by atoms with Crippen LogP contribution < -0.4 is 0 Å². The molecule has 1 unspecified atom stereocenters. The van der Waals surface area contributed by atoms with Crippen LogP contribution in [0.25, 0.3) is 0 Å². The van der Waals surface area contributed by atoms with Gasteiger partial charge in [0.2, 0.25) is 10.0 Å². The van der Waals surface area contributed by atoms with Gasteiger partial charge in [0.25, 0.3) is 0 Å². The van der Waals surface area contributed by atoms with Crippen LogP contribution >= 0.6 is 0 Å². The van der Waals surface area contributed by atoms with E-state index >= 15 is 0 Å². The van der Waals surface area contributed by atoms with Gasteiger partial charge in [0.1, 0.15) is 0 Å². The summed E-state index contributed by atoms with van der Waals surface area (Å²) in [5, 5.41) is 0. The highest BCUT2D eigenvalue weighted by Gasteiger charge is 2.28. The molecule has 1 rings (SSSR count). The first-order valence-corrected chi connectivity index (χ1v) is 7.75. The lowest BCUT2D eigenvalue weighted by molar-refractivity contribution is 0.0862. The fourth-order valence-corrected chi connectivity index (χ4v) is 3.50. The highest BCUT2D eigenvalue weighted by molar-refractivity contribution is 7.89. The molecule has 6 heteroatoms. The highest BCUT2D eigenvalue weighted by atomic mass is 32.2. The Hall–Kier alpha value is -0.170. The standard InChI is InChI=1S/C11H23NO4S/c1-3-16-10-11-5-4-6-12(9-11)17(13,14)8-7-15-2/h11H,3-10H2,1-2H3. The first kappa shape index (κ1) is 14.9. The molecule has 0 aromatic carbocycles. The van der Waals surface area contributed by atoms with E-state index in [0.717, 1.165) is 12.8 Å². The third-order valence-corrected chi connectivity index (χ3v) is 4.78. The molecule has 0 aliphatic carbocycles. The zero-order valence-corrected chi connectivity index (χ0v) is 11.5. The molecule has 1 atom stereocenters. The predicted molar refractivity (Wildman–Crippen MR) is 66.5 cm³/mol. The first-order chi connectivity index (χ1) is 8.10. The van der Waals surface area contributed by atoms with Gasteiger partial charge in [-0.1, -0.05) is 0 Å². The van der Waals surface area contributed by atoms with Crippen molar-refractivity contribution in [3.05, 3.63) is 0 Å². The summed E-state index contributed by atoms with van der Waals surface area (Å²) < 4.78 is 35.7.